The van der Waals surface area contributed by atoms with Gasteiger partial charge in [0.25, 0.3) is 0 Å². The van der Waals surface area contributed by atoms with Crippen LogP contribution < -0.4 is 5.73 Å². The average molecular weight is 271 g/mol. The molecule has 2 rings (SSSR count). The Balaban J connectivity index is 1.75. The van der Waals surface area contributed by atoms with Gasteiger partial charge in [-0.05, 0) is 44.1 Å². The largest absolute Gasteiger partial charge is 0.398 e. The Morgan fingerprint density at radius 1 is 1.24 bits per heavy atom. The molecule has 1 fully saturated rings. The molecule has 1 aromatic rings. The summed E-state index contributed by atoms with van der Waals surface area (Å²) in [4.78, 5) is 3.76. The molecule has 1 aliphatic heterocycles. The van der Waals surface area contributed by atoms with E-state index in [0.717, 1.165) is 5.75 Å². The van der Waals surface area contributed by atoms with Crippen molar-refractivity contribution in [2.75, 3.05) is 31.1 Å². The van der Waals surface area contributed by atoms with Crippen LogP contribution in [0.25, 0.3) is 0 Å². The lowest BCUT2D eigenvalue weighted by Crippen LogP contribution is -2.31. The van der Waals surface area contributed by atoms with Crippen molar-refractivity contribution in [1.29, 1.82) is 0 Å². The molecule has 0 aliphatic carbocycles. The van der Waals surface area contributed by atoms with Gasteiger partial charge < -0.3 is 10.6 Å². The zero-order chi connectivity index (χ0) is 12.1. The molecule has 1 aromatic carbocycles. The van der Waals surface area contributed by atoms with Crippen molar-refractivity contribution in [3.63, 3.8) is 0 Å². The van der Waals surface area contributed by atoms with Gasteiger partial charge in [-0.25, -0.2) is 0 Å². The van der Waals surface area contributed by atoms with E-state index in [2.05, 4.69) is 4.90 Å². The maximum Gasteiger partial charge on any atom is 0.0646 e. The lowest BCUT2D eigenvalue weighted by molar-refractivity contribution is 0.242. The van der Waals surface area contributed by atoms with Gasteiger partial charge in [-0.3, -0.25) is 0 Å². The van der Waals surface area contributed by atoms with E-state index in [1.165, 1.54) is 43.8 Å². The summed E-state index contributed by atoms with van der Waals surface area (Å²) in [5.41, 5.74) is 6.34. The second-order valence-electron chi connectivity index (χ2n) is 4.43. The third-order valence-corrected chi connectivity index (χ3v) is 4.40. The molecule has 0 atom stereocenters. The smallest absolute Gasteiger partial charge is 0.0646 e. The summed E-state index contributed by atoms with van der Waals surface area (Å²) >= 11 is 7.85. The molecule has 1 heterocycles. The highest BCUT2D eigenvalue weighted by Gasteiger charge is 2.09. The van der Waals surface area contributed by atoms with Gasteiger partial charge in [-0.1, -0.05) is 18.0 Å². The molecule has 0 spiro atoms. The van der Waals surface area contributed by atoms with Crippen LogP contribution in [0, 0.1) is 0 Å². The number of benzene rings is 1. The predicted octanol–water partition coefficient (Wildman–Crippen LogP) is 3.50. The normalized spacial score (nSPS) is 17.2. The molecule has 0 radical (unpaired) electrons. The number of nitrogens with zero attached hydrogens (tertiary/aromatic N) is 1. The minimum absolute atomic E-state index is 0.659. The minimum Gasteiger partial charge on any atom is -0.398 e. The van der Waals surface area contributed by atoms with Crippen LogP contribution in [0.3, 0.4) is 0 Å². The maximum absolute atomic E-state index is 5.99. The van der Waals surface area contributed by atoms with Crippen molar-refractivity contribution in [3.05, 3.63) is 23.2 Å². The molecule has 0 amide bonds. The Bertz CT molecular complexity index is 364. The summed E-state index contributed by atoms with van der Waals surface area (Å²) in [7, 11) is 0. The molecule has 4 heteroatoms. The van der Waals surface area contributed by atoms with E-state index >= 15 is 0 Å². The van der Waals surface area contributed by atoms with Gasteiger partial charge in [0.1, 0.15) is 0 Å². The lowest BCUT2D eigenvalue weighted by Gasteiger charge is -2.26. The Labute approximate surface area is 113 Å². The number of hydrogen-bond donors (Lipinski definition) is 1. The zero-order valence-corrected chi connectivity index (χ0v) is 11.6. The number of anilines is 1. The van der Waals surface area contributed by atoms with Crippen molar-refractivity contribution in [1.82, 2.24) is 4.90 Å². The fraction of sp³-hybridized carbons (Fsp3) is 0.538. The molecule has 94 valence electrons. The standard InChI is InChI=1S/C13H19ClN2S/c14-12-10-11(4-5-13(12)15)17-9-8-16-6-2-1-3-7-16/h4-5,10H,1-3,6-9,15H2. The Morgan fingerprint density at radius 2 is 2.00 bits per heavy atom. The summed E-state index contributed by atoms with van der Waals surface area (Å²) < 4.78 is 0. The number of thioether (sulfide) groups is 1. The van der Waals surface area contributed by atoms with Crippen LogP contribution in [0.5, 0.6) is 0 Å². The molecule has 2 N–H and O–H groups in total. The number of nitrogen functional groups attached to an aromatic ring is 1. The second-order valence-corrected chi connectivity index (χ2v) is 6.01. The first-order valence-electron chi connectivity index (χ1n) is 6.16. The van der Waals surface area contributed by atoms with Gasteiger partial charge in [0.15, 0.2) is 0 Å². The minimum atomic E-state index is 0.659. The van der Waals surface area contributed by atoms with Crippen LogP contribution in [0.1, 0.15) is 19.3 Å². The van der Waals surface area contributed by atoms with Crippen LogP contribution in [0.4, 0.5) is 5.69 Å². The van der Waals surface area contributed by atoms with E-state index in [1.54, 1.807) is 0 Å². The van der Waals surface area contributed by atoms with Crippen LogP contribution in [0.15, 0.2) is 23.1 Å². The third-order valence-electron chi connectivity index (χ3n) is 3.10. The molecule has 0 bridgehead atoms. The number of nitrogens with two attached hydrogens (primary N) is 1. The van der Waals surface area contributed by atoms with E-state index in [-0.39, 0.29) is 0 Å². The molecule has 1 saturated heterocycles. The highest BCUT2D eigenvalue weighted by molar-refractivity contribution is 7.99. The van der Waals surface area contributed by atoms with Crippen molar-refractivity contribution in [2.45, 2.75) is 24.2 Å². The topological polar surface area (TPSA) is 29.3 Å². The molecular weight excluding hydrogens is 252 g/mol. The average Bonchev–Trinajstić information content (AvgIpc) is 2.35. The van der Waals surface area contributed by atoms with Crippen molar-refractivity contribution < 1.29 is 0 Å². The van der Waals surface area contributed by atoms with Crippen molar-refractivity contribution in [3.8, 4) is 0 Å². The zero-order valence-electron chi connectivity index (χ0n) is 9.99. The molecular formula is C13H19ClN2S. The summed E-state index contributed by atoms with van der Waals surface area (Å²) in [6, 6.07) is 5.88. The van der Waals surface area contributed by atoms with Gasteiger partial charge in [0.05, 0.1) is 10.7 Å². The van der Waals surface area contributed by atoms with Crippen LogP contribution in [-0.2, 0) is 0 Å². The van der Waals surface area contributed by atoms with Gasteiger partial charge >= 0.3 is 0 Å². The predicted molar refractivity (Wildman–Crippen MR) is 76.9 cm³/mol. The summed E-state index contributed by atoms with van der Waals surface area (Å²) in [5.74, 6) is 1.13. The van der Waals surface area contributed by atoms with Crippen LogP contribution >= 0.6 is 23.4 Å². The SMILES string of the molecule is Nc1ccc(SCCN2CCCCC2)cc1Cl. The highest BCUT2D eigenvalue weighted by atomic mass is 35.5. The summed E-state index contributed by atoms with van der Waals surface area (Å²) in [6.07, 6.45) is 4.12. The van der Waals surface area contributed by atoms with Crippen LogP contribution in [0.2, 0.25) is 5.02 Å². The van der Waals surface area contributed by atoms with Gasteiger partial charge in [0.2, 0.25) is 0 Å². The van der Waals surface area contributed by atoms with E-state index in [0.29, 0.717) is 10.7 Å². The Kier molecular flexibility index (Phi) is 5.01. The summed E-state index contributed by atoms with van der Waals surface area (Å²) in [5, 5.41) is 0.660. The molecule has 0 aromatic heterocycles. The van der Waals surface area contributed by atoms with E-state index < -0.39 is 0 Å². The Hall–Kier alpha value is -0.380. The first kappa shape index (κ1) is 13.1. The number of piperidine rings is 1. The van der Waals surface area contributed by atoms with E-state index in [4.69, 9.17) is 17.3 Å². The summed E-state index contributed by atoms with van der Waals surface area (Å²) in [6.45, 7) is 3.71. The number of likely N-dealkylation sites (tertiary alicyclic amines) is 1. The quantitative estimate of drug-likeness (QED) is 0.671. The maximum atomic E-state index is 5.99. The number of rotatable bonds is 4. The first-order valence-corrected chi connectivity index (χ1v) is 7.52. The fourth-order valence-corrected chi connectivity index (χ4v) is 3.27. The van der Waals surface area contributed by atoms with Gasteiger partial charge in [-0.2, -0.15) is 0 Å². The molecule has 0 saturated carbocycles. The molecule has 2 nitrogen and oxygen atoms in total. The van der Waals surface area contributed by atoms with Gasteiger partial charge in [0, 0.05) is 17.2 Å². The van der Waals surface area contributed by atoms with Gasteiger partial charge in [-0.15, -0.1) is 11.8 Å². The van der Waals surface area contributed by atoms with Crippen molar-refractivity contribution >= 4 is 29.1 Å². The molecule has 0 unspecified atom stereocenters. The van der Waals surface area contributed by atoms with E-state index in [9.17, 15) is 0 Å². The first-order chi connectivity index (χ1) is 8.25. The third kappa shape index (κ3) is 4.09. The number of hydrogen-bond acceptors (Lipinski definition) is 3. The number of halogens is 1. The lowest BCUT2D eigenvalue weighted by atomic mass is 10.1. The van der Waals surface area contributed by atoms with Crippen LogP contribution in [-0.4, -0.2) is 30.3 Å². The van der Waals surface area contributed by atoms with Crippen molar-refractivity contribution in [2.24, 2.45) is 0 Å². The Morgan fingerprint density at radius 3 is 2.71 bits per heavy atom. The fourth-order valence-electron chi connectivity index (χ4n) is 2.07. The molecule has 17 heavy (non-hydrogen) atoms. The molecule has 1 aliphatic rings. The monoisotopic (exact) mass is 270 g/mol. The second kappa shape index (κ2) is 6.53. The van der Waals surface area contributed by atoms with E-state index in [1.807, 2.05) is 30.0 Å². The highest BCUT2D eigenvalue weighted by Crippen LogP contribution is 2.26.